The number of aromatic nitrogens is 1. The lowest BCUT2D eigenvalue weighted by Crippen LogP contribution is -2.27. The Morgan fingerprint density at radius 1 is 1.36 bits per heavy atom. The fourth-order valence-electron chi connectivity index (χ4n) is 1.82. The summed E-state index contributed by atoms with van der Waals surface area (Å²) in [4.78, 5) is 16.0. The molecule has 0 saturated carbocycles. The minimum Gasteiger partial charge on any atom is -0.444 e. The first-order chi connectivity index (χ1) is 10.3. The molecule has 2 N–H and O–H groups in total. The number of anilines is 2. The second-order valence-corrected chi connectivity index (χ2v) is 6.71. The third-order valence-corrected chi connectivity index (χ3v) is 3.46. The van der Waals surface area contributed by atoms with Crippen LogP contribution in [0.15, 0.2) is 29.1 Å². The molecule has 0 aliphatic rings. The number of carbonyl (C=O) groups excluding carboxylic acids is 1. The van der Waals surface area contributed by atoms with Gasteiger partial charge in [0.1, 0.15) is 5.60 Å². The number of nitrogens with zero attached hydrogens (tertiary/aromatic N) is 1. The first kappa shape index (κ1) is 16.3. The van der Waals surface area contributed by atoms with Gasteiger partial charge in [-0.1, -0.05) is 6.07 Å². The third-order valence-electron chi connectivity index (χ3n) is 2.83. The average Bonchev–Trinajstić information content (AvgIpc) is 2.90. The summed E-state index contributed by atoms with van der Waals surface area (Å²) in [6.45, 7) is 8.18. The highest BCUT2D eigenvalue weighted by Crippen LogP contribution is 2.21. The highest BCUT2D eigenvalue weighted by atomic mass is 32.1. The minimum absolute atomic E-state index is 0.457. The van der Waals surface area contributed by atoms with Crippen molar-refractivity contribution >= 4 is 28.8 Å². The van der Waals surface area contributed by atoms with E-state index < -0.39 is 11.7 Å². The van der Waals surface area contributed by atoms with Crippen LogP contribution in [0.2, 0.25) is 0 Å². The van der Waals surface area contributed by atoms with E-state index in [-0.39, 0.29) is 0 Å². The van der Waals surface area contributed by atoms with E-state index in [1.54, 1.807) is 11.3 Å². The molecule has 0 saturated heterocycles. The van der Waals surface area contributed by atoms with Crippen LogP contribution in [-0.4, -0.2) is 16.7 Å². The highest BCUT2D eigenvalue weighted by molar-refractivity contribution is 7.07. The van der Waals surface area contributed by atoms with Crippen LogP contribution in [0.3, 0.4) is 0 Å². The summed E-state index contributed by atoms with van der Waals surface area (Å²) in [7, 11) is 0. The average molecular weight is 319 g/mol. The number of ether oxygens (including phenoxy) is 1. The Balaban J connectivity index is 2.01. The zero-order chi connectivity index (χ0) is 16.2. The third kappa shape index (κ3) is 5.04. The van der Waals surface area contributed by atoms with E-state index in [0.29, 0.717) is 12.2 Å². The highest BCUT2D eigenvalue weighted by Gasteiger charge is 2.16. The Morgan fingerprint density at radius 3 is 2.77 bits per heavy atom. The molecule has 1 aromatic carbocycles. The summed E-state index contributed by atoms with van der Waals surface area (Å²) in [5.74, 6) is 0. The normalized spacial score (nSPS) is 11.1. The first-order valence-corrected chi connectivity index (χ1v) is 7.99. The monoisotopic (exact) mass is 319 g/mol. The maximum absolute atomic E-state index is 11.8. The molecule has 2 rings (SSSR count). The first-order valence-electron chi connectivity index (χ1n) is 7.05. The topological polar surface area (TPSA) is 63.2 Å². The van der Waals surface area contributed by atoms with Gasteiger partial charge in [0, 0.05) is 16.8 Å². The Bertz CT molecular complexity index is 633. The maximum Gasteiger partial charge on any atom is 0.412 e. The molecule has 1 heterocycles. The smallest absolute Gasteiger partial charge is 0.412 e. The van der Waals surface area contributed by atoms with Gasteiger partial charge in [-0.3, -0.25) is 5.32 Å². The molecule has 1 aromatic heterocycles. The van der Waals surface area contributed by atoms with Gasteiger partial charge in [-0.15, -0.1) is 11.3 Å². The number of carbonyl (C=O) groups is 1. The zero-order valence-electron chi connectivity index (χ0n) is 13.3. The zero-order valence-corrected chi connectivity index (χ0v) is 14.1. The van der Waals surface area contributed by atoms with Gasteiger partial charge in [0.2, 0.25) is 0 Å². The van der Waals surface area contributed by atoms with E-state index in [2.05, 4.69) is 15.6 Å². The lowest BCUT2D eigenvalue weighted by atomic mass is 10.1. The number of amides is 1. The molecule has 0 radical (unpaired) electrons. The van der Waals surface area contributed by atoms with Gasteiger partial charge in [-0.25, -0.2) is 9.78 Å². The van der Waals surface area contributed by atoms with Gasteiger partial charge in [0.25, 0.3) is 0 Å². The van der Waals surface area contributed by atoms with Crippen LogP contribution >= 0.6 is 11.3 Å². The SMILES string of the molecule is Cc1ccc(NC(=O)OC(C)(C)C)cc1NCc1cscn1. The van der Waals surface area contributed by atoms with Crippen molar-refractivity contribution in [2.45, 2.75) is 39.8 Å². The number of thiazole rings is 1. The van der Waals surface area contributed by atoms with Crippen molar-refractivity contribution in [1.29, 1.82) is 0 Å². The van der Waals surface area contributed by atoms with Crippen molar-refractivity contribution in [3.8, 4) is 0 Å². The lowest BCUT2D eigenvalue weighted by Gasteiger charge is -2.20. The van der Waals surface area contributed by atoms with Gasteiger partial charge in [-0.05, 0) is 45.4 Å². The van der Waals surface area contributed by atoms with E-state index in [0.717, 1.165) is 16.9 Å². The summed E-state index contributed by atoms with van der Waals surface area (Å²) in [6.07, 6.45) is -0.457. The second-order valence-electron chi connectivity index (χ2n) is 5.99. The second kappa shape index (κ2) is 6.79. The molecule has 2 aromatic rings. The standard InChI is InChI=1S/C16H21N3O2S/c1-11-5-6-12(19-15(20)21-16(2,3)4)7-14(11)17-8-13-9-22-10-18-13/h5-7,9-10,17H,8H2,1-4H3,(H,19,20). The molecule has 1 amide bonds. The number of aryl methyl sites for hydroxylation is 1. The molecule has 0 atom stereocenters. The van der Waals surface area contributed by atoms with E-state index in [9.17, 15) is 4.79 Å². The predicted octanol–water partition coefficient (Wildman–Crippen LogP) is 4.41. The van der Waals surface area contributed by atoms with Gasteiger partial charge in [0.15, 0.2) is 0 Å². The molecular formula is C16H21N3O2S. The van der Waals surface area contributed by atoms with Gasteiger partial charge in [-0.2, -0.15) is 0 Å². The molecule has 5 nitrogen and oxygen atoms in total. The van der Waals surface area contributed by atoms with Gasteiger partial charge >= 0.3 is 6.09 Å². The Kier molecular flexibility index (Phi) is 5.03. The van der Waals surface area contributed by atoms with E-state index in [4.69, 9.17) is 4.74 Å². The van der Waals surface area contributed by atoms with Crippen molar-refractivity contribution in [1.82, 2.24) is 4.98 Å². The predicted molar refractivity (Wildman–Crippen MR) is 90.5 cm³/mol. The Labute approximate surface area is 134 Å². The van der Waals surface area contributed by atoms with E-state index >= 15 is 0 Å². The van der Waals surface area contributed by atoms with Crippen LogP contribution < -0.4 is 10.6 Å². The van der Waals surface area contributed by atoms with Crippen LogP contribution in [0, 0.1) is 6.92 Å². The molecule has 118 valence electrons. The van der Waals surface area contributed by atoms with Crippen LogP contribution in [-0.2, 0) is 11.3 Å². The summed E-state index contributed by atoms with van der Waals surface area (Å²) in [6, 6.07) is 5.70. The van der Waals surface area contributed by atoms with Crippen LogP contribution in [0.25, 0.3) is 0 Å². The molecule has 0 aliphatic heterocycles. The fourth-order valence-corrected chi connectivity index (χ4v) is 2.38. The molecule has 0 aliphatic carbocycles. The van der Waals surface area contributed by atoms with Crippen molar-refractivity contribution in [2.75, 3.05) is 10.6 Å². The van der Waals surface area contributed by atoms with Crippen molar-refractivity contribution < 1.29 is 9.53 Å². The van der Waals surface area contributed by atoms with Crippen LogP contribution in [0.5, 0.6) is 0 Å². The molecule has 6 heteroatoms. The number of hydrogen-bond donors (Lipinski definition) is 2. The summed E-state index contributed by atoms with van der Waals surface area (Å²) in [5, 5.41) is 8.08. The Morgan fingerprint density at radius 2 is 2.14 bits per heavy atom. The van der Waals surface area contributed by atoms with Crippen LogP contribution in [0.4, 0.5) is 16.2 Å². The molecule has 0 fully saturated rings. The summed E-state index contributed by atoms with van der Waals surface area (Å²) >= 11 is 1.57. The minimum atomic E-state index is -0.513. The molecule has 0 spiro atoms. The van der Waals surface area contributed by atoms with Gasteiger partial charge < -0.3 is 10.1 Å². The fraction of sp³-hybridized carbons (Fsp3) is 0.375. The van der Waals surface area contributed by atoms with Crippen LogP contribution in [0.1, 0.15) is 32.0 Å². The summed E-state index contributed by atoms with van der Waals surface area (Å²) < 4.78 is 5.25. The maximum atomic E-state index is 11.8. The van der Waals surface area contributed by atoms with Crippen molar-refractivity contribution in [2.24, 2.45) is 0 Å². The van der Waals surface area contributed by atoms with Gasteiger partial charge in [0.05, 0.1) is 17.7 Å². The van der Waals surface area contributed by atoms with E-state index in [1.165, 1.54) is 0 Å². The number of hydrogen-bond acceptors (Lipinski definition) is 5. The largest absolute Gasteiger partial charge is 0.444 e. The Hall–Kier alpha value is -2.08. The molecular weight excluding hydrogens is 298 g/mol. The van der Waals surface area contributed by atoms with E-state index in [1.807, 2.05) is 56.8 Å². The van der Waals surface area contributed by atoms with Crippen molar-refractivity contribution in [3.05, 3.63) is 40.3 Å². The summed E-state index contributed by atoms with van der Waals surface area (Å²) in [5.41, 5.74) is 5.05. The number of rotatable bonds is 4. The number of benzene rings is 1. The number of nitrogens with one attached hydrogen (secondary N) is 2. The quantitative estimate of drug-likeness (QED) is 0.876. The lowest BCUT2D eigenvalue weighted by molar-refractivity contribution is 0.0636. The van der Waals surface area contributed by atoms with Crippen molar-refractivity contribution in [3.63, 3.8) is 0 Å². The molecule has 22 heavy (non-hydrogen) atoms. The molecule has 0 unspecified atom stereocenters. The molecule has 0 bridgehead atoms.